The third kappa shape index (κ3) is 7.58. The van der Waals surface area contributed by atoms with Gasteiger partial charge in [-0.3, -0.25) is 0 Å². The van der Waals surface area contributed by atoms with Gasteiger partial charge < -0.3 is 5.11 Å². The predicted molar refractivity (Wildman–Crippen MR) is 48.4 cm³/mol. The molecule has 0 aromatic heterocycles. The molecule has 0 spiro atoms. The zero-order valence-electron chi connectivity index (χ0n) is 7.37. The summed E-state index contributed by atoms with van der Waals surface area (Å²) in [7, 11) is -3.06. The van der Waals surface area contributed by atoms with E-state index in [2.05, 4.69) is 11.8 Å². The maximum atomic E-state index is 10.7. The maximum Gasteiger partial charge on any atom is 0.149 e. The van der Waals surface area contributed by atoms with Crippen molar-refractivity contribution in [3.05, 3.63) is 0 Å². The summed E-state index contributed by atoms with van der Waals surface area (Å²) in [6.45, 7) is 1.71. The lowest BCUT2D eigenvalue weighted by Gasteiger charge is -2.05. The van der Waals surface area contributed by atoms with Crippen LogP contribution in [0.5, 0.6) is 0 Å². The highest BCUT2D eigenvalue weighted by molar-refractivity contribution is 7.90. The van der Waals surface area contributed by atoms with Crippen molar-refractivity contribution in [3.63, 3.8) is 0 Å². The summed E-state index contributed by atoms with van der Waals surface area (Å²) in [4.78, 5) is 0. The summed E-state index contributed by atoms with van der Waals surface area (Å²) in [5.74, 6) is 5.27. The molecule has 1 atom stereocenters. The molecule has 0 saturated heterocycles. The maximum absolute atomic E-state index is 10.7. The van der Waals surface area contributed by atoms with Crippen LogP contribution in [0.3, 0.4) is 0 Å². The van der Waals surface area contributed by atoms with Crippen LogP contribution in [0.15, 0.2) is 0 Å². The van der Waals surface area contributed by atoms with Crippen molar-refractivity contribution in [1.29, 1.82) is 0 Å². The van der Waals surface area contributed by atoms with Gasteiger partial charge in [-0.15, -0.1) is 11.8 Å². The predicted octanol–water partition coefficient (Wildman–Crippen LogP) is 0.195. The minimum Gasteiger partial charge on any atom is -0.392 e. The fourth-order valence-corrected chi connectivity index (χ4v) is 1.66. The van der Waals surface area contributed by atoms with Crippen molar-refractivity contribution in [2.75, 3.05) is 12.0 Å². The van der Waals surface area contributed by atoms with E-state index < -0.39 is 15.9 Å². The van der Waals surface area contributed by atoms with E-state index in [4.69, 9.17) is 5.11 Å². The Balaban J connectivity index is 3.73. The molecule has 1 N–H and O–H groups in total. The molecule has 0 amide bonds. The third-order valence-corrected chi connectivity index (χ3v) is 2.26. The summed E-state index contributed by atoms with van der Waals surface area (Å²) in [6.07, 6.45) is 1.31. The Kier molecular flexibility index (Phi) is 4.95. The Morgan fingerprint density at radius 1 is 1.50 bits per heavy atom. The molecule has 0 aliphatic carbocycles. The van der Waals surface area contributed by atoms with Crippen LogP contribution in [0.4, 0.5) is 0 Å². The first kappa shape index (κ1) is 11.5. The van der Waals surface area contributed by atoms with Gasteiger partial charge in [0.05, 0.1) is 11.9 Å². The SMILES string of the molecule is CC#CCCC(O)CS(C)(=O)=O. The van der Waals surface area contributed by atoms with Crippen LogP contribution >= 0.6 is 0 Å². The molecule has 0 aliphatic heterocycles. The second-order valence-corrected chi connectivity index (χ2v) is 4.90. The van der Waals surface area contributed by atoms with Gasteiger partial charge >= 0.3 is 0 Å². The van der Waals surface area contributed by atoms with Gasteiger partial charge in [0.1, 0.15) is 9.84 Å². The van der Waals surface area contributed by atoms with Crippen molar-refractivity contribution in [2.24, 2.45) is 0 Å². The summed E-state index contributed by atoms with van der Waals surface area (Å²) in [5, 5.41) is 9.16. The third-order valence-electron chi connectivity index (χ3n) is 1.27. The van der Waals surface area contributed by atoms with E-state index in [0.717, 1.165) is 6.26 Å². The van der Waals surface area contributed by atoms with Crippen molar-refractivity contribution in [2.45, 2.75) is 25.9 Å². The number of aliphatic hydroxyl groups excluding tert-OH is 1. The summed E-state index contributed by atoms with van der Waals surface area (Å²) in [6, 6.07) is 0. The van der Waals surface area contributed by atoms with Crippen LogP contribution in [0.25, 0.3) is 0 Å². The van der Waals surface area contributed by atoms with E-state index in [1.807, 2.05) is 0 Å². The van der Waals surface area contributed by atoms with Gasteiger partial charge in [0.2, 0.25) is 0 Å². The Hall–Kier alpha value is -0.530. The Bertz CT molecular complexity index is 268. The summed E-state index contributed by atoms with van der Waals surface area (Å²) in [5.41, 5.74) is 0. The molecule has 0 saturated carbocycles. The smallest absolute Gasteiger partial charge is 0.149 e. The molecule has 0 aromatic carbocycles. The average molecular weight is 190 g/mol. The number of aliphatic hydroxyl groups is 1. The fraction of sp³-hybridized carbons (Fsp3) is 0.750. The van der Waals surface area contributed by atoms with Gasteiger partial charge in [-0.2, -0.15) is 0 Å². The Morgan fingerprint density at radius 3 is 2.50 bits per heavy atom. The fourth-order valence-electron chi connectivity index (χ4n) is 0.797. The molecule has 0 aromatic rings. The van der Waals surface area contributed by atoms with E-state index in [0.29, 0.717) is 12.8 Å². The van der Waals surface area contributed by atoms with Crippen molar-refractivity contribution < 1.29 is 13.5 Å². The highest BCUT2D eigenvalue weighted by Crippen LogP contribution is 1.99. The van der Waals surface area contributed by atoms with E-state index in [-0.39, 0.29) is 5.75 Å². The van der Waals surface area contributed by atoms with Crippen LogP contribution in [-0.2, 0) is 9.84 Å². The van der Waals surface area contributed by atoms with Gasteiger partial charge in [0, 0.05) is 12.7 Å². The number of sulfone groups is 1. The molecule has 4 heteroatoms. The molecule has 3 nitrogen and oxygen atoms in total. The standard InChI is InChI=1S/C8H14O3S/c1-3-4-5-6-8(9)7-12(2,10)11/h8-9H,5-7H2,1-2H3. The average Bonchev–Trinajstić information content (AvgIpc) is 1.84. The van der Waals surface area contributed by atoms with Crippen molar-refractivity contribution in [1.82, 2.24) is 0 Å². The van der Waals surface area contributed by atoms with E-state index >= 15 is 0 Å². The lowest BCUT2D eigenvalue weighted by molar-refractivity contribution is 0.189. The van der Waals surface area contributed by atoms with Crippen LogP contribution < -0.4 is 0 Å². The normalized spacial score (nSPS) is 13.2. The molecule has 70 valence electrons. The van der Waals surface area contributed by atoms with Crippen LogP contribution in [-0.4, -0.2) is 31.6 Å². The van der Waals surface area contributed by atoms with Gasteiger partial charge in [0.25, 0.3) is 0 Å². The van der Waals surface area contributed by atoms with Gasteiger partial charge in [-0.1, -0.05) is 0 Å². The van der Waals surface area contributed by atoms with E-state index in [9.17, 15) is 8.42 Å². The molecule has 0 fully saturated rings. The van der Waals surface area contributed by atoms with Crippen LogP contribution in [0.1, 0.15) is 19.8 Å². The minimum absolute atomic E-state index is 0.168. The Morgan fingerprint density at radius 2 is 2.08 bits per heavy atom. The first-order chi connectivity index (χ1) is 5.45. The lowest BCUT2D eigenvalue weighted by Crippen LogP contribution is -2.19. The van der Waals surface area contributed by atoms with Gasteiger partial charge in [0.15, 0.2) is 0 Å². The topological polar surface area (TPSA) is 54.4 Å². The molecule has 0 bridgehead atoms. The molecular weight excluding hydrogens is 176 g/mol. The van der Waals surface area contributed by atoms with Gasteiger partial charge in [-0.25, -0.2) is 8.42 Å². The van der Waals surface area contributed by atoms with Gasteiger partial charge in [-0.05, 0) is 13.3 Å². The van der Waals surface area contributed by atoms with Crippen LogP contribution in [0.2, 0.25) is 0 Å². The Labute approximate surface area is 73.7 Å². The highest BCUT2D eigenvalue weighted by Gasteiger charge is 2.10. The summed E-state index contributed by atoms with van der Waals surface area (Å²) >= 11 is 0. The lowest BCUT2D eigenvalue weighted by atomic mass is 10.2. The number of rotatable bonds is 4. The minimum atomic E-state index is -3.06. The number of hydrogen-bond acceptors (Lipinski definition) is 3. The van der Waals surface area contributed by atoms with E-state index in [1.165, 1.54) is 0 Å². The van der Waals surface area contributed by atoms with Crippen LogP contribution in [0, 0.1) is 11.8 Å². The zero-order valence-corrected chi connectivity index (χ0v) is 8.19. The number of hydrogen-bond donors (Lipinski definition) is 1. The molecule has 12 heavy (non-hydrogen) atoms. The summed E-state index contributed by atoms with van der Waals surface area (Å²) < 4.78 is 21.4. The quantitative estimate of drug-likeness (QED) is 0.644. The van der Waals surface area contributed by atoms with Crippen molar-refractivity contribution in [3.8, 4) is 11.8 Å². The molecule has 0 aliphatic rings. The highest BCUT2D eigenvalue weighted by atomic mass is 32.2. The molecule has 0 rings (SSSR count). The molecule has 0 heterocycles. The largest absolute Gasteiger partial charge is 0.392 e. The van der Waals surface area contributed by atoms with Crippen molar-refractivity contribution >= 4 is 9.84 Å². The second kappa shape index (κ2) is 5.18. The zero-order chi connectivity index (χ0) is 9.61. The monoisotopic (exact) mass is 190 g/mol. The molecular formula is C8H14O3S. The molecule has 1 unspecified atom stereocenters. The first-order valence-electron chi connectivity index (χ1n) is 3.71. The second-order valence-electron chi connectivity index (χ2n) is 2.71. The first-order valence-corrected chi connectivity index (χ1v) is 5.77. The van der Waals surface area contributed by atoms with E-state index in [1.54, 1.807) is 6.92 Å². The molecule has 0 radical (unpaired) electrons.